The minimum atomic E-state index is -1.04. The third-order valence-corrected chi connectivity index (χ3v) is 2.82. The van der Waals surface area contributed by atoms with E-state index in [1.807, 2.05) is 0 Å². The van der Waals surface area contributed by atoms with Crippen LogP contribution in [0.1, 0.15) is 10.4 Å². The van der Waals surface area contributed by atoms with Crippen LogP contribution in [0.15, 0.2) is 44.5 Å². The second kappa shape index (κ2) is 5.16. The summed E-state index contributed by atoms with van der Waals surface area (Å²) < 4.78 is 0. The lowest BCUT2D eigenvalue weighted by atomic mass is 10.2. The van der Waals surface area contributed by atoms with Crippen LogP contribution in [0.4, 0.5) is 10.5 Å². The fourth-order valence-electron chi connectivity index (χ4n) is 1.80. The van der Waals surface area contributed by atoms with Crippen LogP contribution in [-0.4, -0.2) is 40.9 Å². The zero-order valence-corrected chi connectivity index (χ0v) is 10.8. The summed E-state index contributed by atoms with van der Waals surface area (Å²) in [5.74, 6) is -1.58. The Labute approximate surface area is 122 Å². The highest BCUT2D eigenvalue weighted by Crippen LogP contribution is 2.15. The number of aliphatic imine (C=N–C) groups is 2. The first-order valence-electron chi connectivity index (χ1n) is 6.06. The average molecular weight is 300 g/mol. The van der Waals surface area contributed by atoms with Crippen molar-refractivity contribution in [3.63, 3.8) is 0 Å². The van der Waals surface area contributed by atoms with Gasteiger partial charge in [-0.3, -0.25) is 15.4 Å². The fourth-order valence-corrected chi connectivity index (χ4v) is 1.80. The molecule has 1 atom stereocenters. The highest BCUT2D eigenvalue weighted by molar-refractivity contribution is 6.25. The predicted octanol–water partition coefficient (Wildman–Crippen LogP) is 0.445. The van der Waals surface area contributed by atoms with Crippen molar-refractivity contribution in [3.05, 3.63) is 29.8 Å². The van der Waals surface area contributed by atoms with Crippen LogP contribution in [0.2, 0.25) is 0 Å². The highest BCUT2D eigenvalue weighted by Gasteiger charge is 2.36. The molecule has 2 aliphatic heterocycles. The van der Waals surface area contributed by atoms with E-state index in [1.54, 1.807) is 0 Å². The molecule has 0 aliphatic carbocycles. The molecule has 0 bridgehead atoms. The summed E-state index contributed by atoms with van der Waals surface area (Å²) in [6.45, 7) is 0. The first-order valence-corrected chi connectivity index (χ1v) is 6.06. The summed E-state index contributed by atoms with van der Waals surface area (Å²) in [6, 6.07) is 4.10. The number of amides is 3. The van der Waals surface area contributed by atoms with Crippen molar-refractivity contribution in [3.8, 4) is 0 Å². The van der Waals surface area contributed by atoms with Gasteiger partial charge in [0.05, 0.1) is 11.3 Å². The molecule has 0 aromatic heterocycles. The van der Waals surface area contributed by atoms with Crippen LogP contribution in [0.25, 0.3) is 0 Å². The molecular weight excluding hydrogens is 292 g/mol. The zero-order chi connectivity index (χ0) is 15.7. The lowest BCUT2D eigenvalue weighted by Gasteiger charge is -2.16. The van der Waals surface area contributed by atoms with Crippen molar-refractivity contribution in [2.45, 2.75) is 6.04 Å². The number of aromatic carboxylic acids is 1. The lowest BCUT2D eigenvalue weighted by Crippen LogP contribution is -2.57. The van der Waals surface area contributed by atoms with E-state index < -0.39 is 23.9 Å². The maximum Gasteiger partial charge on any atom is 0.335 e. The molecule has 3 amide bonds. The Balaban J connectivity index is 1.76. The van der Waals surface area contributed by atoms with Crippen molar-refractivity contribution >= 4 is 35.4 Å². The molecule has 1 saturated heterocycles. The van der Waals surface area contributed by atoms with Crippen molar-refractivity contribution in [2.24, 2.45) is 20.2 Å². The molecule has 0 spiro atoms. The Morgan fingerprint density at radius 3 is 2.55 bits per heavy atom. The smallest absolute Gasteiger partial charge is 0.335 e. The quantitative estimate of drug-likeness (QED) is 0.680. The van der Waals surface area contributed by atoms with Gasteiger partial charge >= 0.3 is 12.0 Å². The first-order chi connectivity index (χ1) is 10.5. The molecule has 1 fully saturated rings. The summed E-state index contributed by atoms with van der Waals surface area (Å²) in [4.78, 5) is 41.2. The van der Waals surface area contributed by atoms with E-state index in [-0.39, 0.29) is 17.4 Å². The van der Waals surface area contributed by atoms with Gasteiger partial charge in [0.15, 0.2) is 6.04 Å². The topological polar surface area (TPSA) is 145 Å². The number of carbonyl (C=O) groups is 3. The number of urea groups is 1. The van der Waals surface area contributed by atoms with E-state index in [2.05, 4.69) is 30.8 Å². The number of carboxylic acid groups (broad SMARTS) is 1. The van der Waals surface area contributed by atoms with Crippen LogP contribution in [0, 0.1) is 0 Å². The molecule has 22 heavy (non-hydrogen) atoms. The molecule has 10 nitrogen and oxygen atoms in total. The van der Waals surface area contributed by atoms with Crippen LogP contribution in [-0.2, 0) is 4.79 Å². The van der Waals surface area contributed by atoms with Gasteiger partial charge in [0.25, 0.3) is 11.9 Å². The first kappa shape index (κ1) is 13.5. The second-order valence-electron chi connectivity index (χ2n) is 4.32. The van der Waals surface area contributed by atoms with Gasteiger partial charge in [-0.1, -0.05) is 0 Å². The largest absolute Gasteiger partial charge is 0.478 e. The minimum Gasteiger partial charge on any atom is -0.478 e. The lowest BCUT2D eigenvalue weighted by molar-refractivity contribution is -0.120. The summed E-state index contributed by atoms with van der Waals surface area (Å²) in [6.07, 6.45) is 0. The number of amidine groups is 1. The summed E-state index contributed by atoms with van der Waals surface area (Å²) in [7, 11) is 0. The Kier molecular flexibility index (Phi) is 3.18. The number of benzene rings is 1. The van der Waals surface area contributed by atoms with Gasteiger partial charge in [-0.05, 0) is 24.3 Å². The van der Waals surface area contributed by atoms with Crippen LogP contribution in [0.3, 0.4) is 0 Å². The number of imide groups is 1. The molecule has 1 unspecified atom stereocenters. The molecule has 2 aliphatic rings. The van der Waals surface area contributed by atoms with E-state index in [9.17, 15) is 14.4 Å². The van der Waals surface area contributed by atoms with Gasteiger partial charge in [-0.15, -0.1) is 10.2 Å². The molecular formula is C12H8N6O4. The predicted molar refractivity (Wildman–Crippen MR) is 73.2 cm³/mol. The third kappa shape index (κ3) is 2.57. The molecule has 0 radical (unpaired) electrons. The molecule has 3 N–H and O–H groups in total. The van der Waals surface area contributed by atoms with Crippen molar-refractivity contribution in [1.29, 1.82) is 0 Å². The van der Waals surface area contributed by atoms with Crippen molar-refractivity contribution < 1.29 is 19.5 Å². The number of rotatable bonds is 2. The number of carboxylic acids is 1. The van der Waals surface area contributed by atoms with E-state index in [1.165, 1.54) is 24.3 Å². The monoisotopic (exact) mass is 300 g/mol. The maximum atomic E-state index is 11.5. The zero-order valence-electron chi connectivity index (χ0n) is 10.8. The summed E-state index contributed by atoms with van der Waals surface area (Å²) in [5.41, 5.74) is 0.527. The maximum absolute atomic E-state index is 11.5. The SMILES string of the molecule is O=C1NC(=O)C2N=C(N=Nc3ccc(C(=O)O)cc3)N=C2N1. The van der Waals surface area contributed by atoms with Gasteiger partial charge in [-0.2, -0.15) is 4.99 Å². The number of azo groups is 1. The Morgan fingerprint density at radius 1 is 1.14 bits per heavy atom. The van der Waals surface area contributed by atoms with Crippen LogP contribution >= 0.6 is 0 Å². The van der Waals surface area contributed by atoms with Gasteiger partial charge in [0.2, 0.25) is 0 Å². The summed E-state index contributed by atoms with van der Waals surface area (Å²) in [5, 5.41) is 20.8. The van der Waals surface area contributed by atoms with E-state index >= 15 is 0 Å². The Hall–Kier alpha value is -3.43. The Bertz CT molecular complexity index is 764. The van der Waals surface area contributed by atoms with Crippen LogP contribution in [0.5, 0.6) is 0 Å². The molecule has 0 saturated carbocycles. The van der Waals surface area contributed by atoms with Crippen molar-refractivity contribution in [1.82, 2.24) is 10.6 Å². The molecule has 1 aromatic carbocycles. The van der Waals surface area contributed by atoms with E-state index in [0.717, 1.165) is 0 Å². The number of guanidine groups is 1. The number of carbonyl (C=O) groups excluding carboxylic acids is 2. The molecule has 110 valence electrons. The van der Waals surface area contributed by atoms with E-state index in [0.29, 0.717) is 5.69 Å². The normalized spacial score (nSPS) is 20.1. The average Bonchev–Trinajstić information content (AvgIpc) is 2.89. The van der Waals surface area contributed by atoms with Gasteiger partial charge in [0, 0.05) is 0 Å². The molecule has 2 heterocycles. The van der Waals surface area contributed by atoms with Gasteiger partial charge < -0.3 is 5.11 Å². The summed E-state index contributed by atoms with van der Waals surface area (Å²) >= 11 is 0. The number of nitrogens with one attached hydrogen (secondary N) is 2. The highest BCUT2D eigenvalue weighted by atomic mass is 16.4. The molecule has 3 rings (SSSR count). The van der Waals surface area contributed by atoms with Gasteiger partial charge in [-0.25, -0.2) is 14.6 Å². The number of hydrogen-bond donors (Lipinski definition) is 3. The Morgan fingerprint density at radius 2 is 1.86 bits per heavy atom. The number of hydrogen-bond acceptors (Lipinski definition) is 7. The third-order valence-electron chi connectivity index (χ3n) is 2.82. The standard InChI is InChI=1S/C12H8N6O4/c19-9-7-8(15-12(22)16-9)14-11(13-7)18-17-6-3-1-5(2-4-6)10(20)21/h1-4,7H,(H,20,21)(H2,13,14,15,16,19,22). The molecule has 10 heteroatoms. The second-order valence-corrected chi connectivity index (χ2v) is 4.32. The molecule has 1 aromatic rings. The minimum absolute atomic E-state index is 0.0559. The van der Waals surface area contributed by atoms with Gasteiger partial charge in [0.1, 0.15) is 5.84 Å². The van der Waals surface area contributed by atoms with E-state index in [4.69, 9.17) is 5.11 Å². The fraction of sp³-hybridized carbons (Fsp3) is 0.0833. The van der Waals surface area contributed by atoms with Crippen molar-refractivity contribution in [2.75, 3.05) is 0 Å². The van der Waals surface area contributed by atoms with Crippen LogP contribution < -0.4 is 10.6 Å². The number of nitrogens with zero attached hydrogens (tertiary/aromatic N) is 4. The number of fused-ring (bicyclic) bond motifs is 1.